The van der Waals surface area contributed by atoms with Gasteiger partial charge in [-0.15, -0.1) is 11.3 Å². The maximum Gasteiger partial charge on any atom is 0.185 e. The summed E-state index contributed by atoms with van der Waals surface area (Å²) in [5, 5.41) is 1.09. The van der Waals surface area contributed by atoms with Gasteiger partial charge in [0.1, 0.15) is 0 Å². The van der Waals surface area contributed by atoms with Crippen LogP contribution in [0.2, 0.25) is 0 Å². The van der Waals surface area contributed by atoms with Crippen LogP contribution in [0.25, 0.3) is 0 Å². The van der Waals surface area contributed by atoms with E-state index < -0.39 is 0 Å². The van der Waals surface area contributed by atoms with Gasteiger partial charge in [0.25, 0.3) is 0 Å². The largest absolute Gasteiger partial charge is 0.354 e. The molecule has 4 heteroatoms. The third-order valence-electron chi connectivity index (χ3n) is 2.25. The van der Waals surface area contributed by atoms with Crippen molar-refractivity contribution in [2.75, 3.05) is 19.0 Å². The summed E-state index contributed by atoms with van der Waals surface area (Å²) in [5.41, 5.74) is 6.94. The van der Waals surface area contributed by atoms with Crippen LogP contribution in [0.5, 0.6) is 0 Å². The fourth-order valence-electron chi connectivity index (χ4n) is 1.36. The molecule has 13 heavy (non-hydrogen) atoms. The van der Waals surface area contributed by atoms with E-state index in [1.54, 1.807) is 11.3 Å². The Balaban J connectivity index is 2.31. The fraction of sp³-hybridized carbons (Fsp3) is 0.667. The zero-order chi connectivity index (χ0) is 9.42. The van der Waals surface area contributed by atoms with Crippen molar-refractivity contribution in [1.29, 1.82) is 0 Å². The number of nitrogens with zero attached hydrogens (tertiary/aromatic N) is 2. The van der Waals surface area contributed by atoms with Crippen LogP contribution in [0, 0.1) is 0 Å². The van der Waals surface area contributed by atoms with Gasteiger partial charge in [-0.25, -0.2) is 4.98 Å². The summed E-state index contributed by atoms with van der Waals surface area (Å²) in [6, 6.07) is 0. The van der Waals surface area contributed by atoms with Crippen LogP contribution in [-0.4, -0.2) is 19.1 Å². The van der Waals surface area contributed by atoms with Crippen molar-refractivity contribution in [3.05, 3.63) is 10.6 Å². The number of hydrogen-bond donors (Lipinski definition) is 1. The Bertz CT molecular complexity index is 302. The summed E-state index contributed by atoms with van der Waals surface area (Å²) in [4.78, 5) is 7.93. The first-order valence-corrected chi connectivity index (χ1v) is 5.41. The van der Waals surface area contributed by atoms with Gasteiger partial charge in [-0.1, -0.05) is 0 Å². The summed E-state index contributed by atoms with van der Waals surface area (Å²) < 4.78 is 0. The minimum absolute atomic E-state index is 0.636. The Labute approximate surface area is 82.6 Å². The fourth-order valence-corrected chi connectivity index (χ4v) is 2.31. The summed E-state index contributed by atoms with van der Waals surface area (Å²) in [7, 11) is 4.05. The van der Waals surface area contributed by atoms with Crippen LogP contribution in [0.1, 0.15) is 29.3 Å². The second kappa shape index (κ2) is 3.27. The molecule has 0 aliphatic heterocycles. The highest BCUT2D eigenvalue weighted by molar-refractivity contribution is 7.15. The molecule has 1 fully saturated rings. The molecule has 1 aromatic heterocycles. The minimum Gasteiger partial charge on any atom is -0.354 e. The molecule has 1 aromatic rings. The van der Waals surface area contributed by atoms with Crippen molar-refractivity contribution in [3.8, 4) is 0 Å². The number of nitrogens with two attached hydrogens (primary N) is 1. The van der Waals surface area contributed by atoms with Gasteiger partial charge in [0.05, 0.1) is 5.69 Å². The Morgan fingerprint density at radius 3 is 2.69 bits per heavy atom. The van der Waals surface area contributed by atoms with Crippen molar-refractivity contribution in [1.82, 2.24) is 4.98 Å². The van der Waals surface area contributed by atoms with Crippen LogP contribution in [0.3, 0.4) is 0 Å². The zero-order valence-electron chi connectivity index (χ0n) is 8.08. The molecule has 3 nitrogen and oxygen atoms in total. The molecule has 0 unspecified atom stereocenters. The van der Waals surface area contributed by atoms with E-state index in [-0.39, 0.29) is 0 Å². The predicted molar refractivity (Wildman–Crippen MR) is 56.3 cm³/mol. The van der Waals surface area contributed by atoms with E-state index in [0.29, 0.717) is 12.5 Å². The van der Waals surface area contributed by atoms with Crippen molar-refractivity contribution < 1.29 is 0 Å². The lowest BCUT2D eigenvalue weighted by molar-refractivity contribution is 0.966. The quantitative estimate of drug-likeness (QED) is 0.799. The van der Waals surface area contributed by atoms with Crippen LogP contribution >= 0.6 is 11.3 Å². The van der Waals surface area contributed by atoms with E-state index >= 15 is 0 Å². The highest BCUT2D eigenvalue weighted by Crippen LogP contribution is 2.43. The smallest absolute Gasteiger partial charge is 0.185 e. The Morgan fingerprint density at radius 2 is 2.23 bits per heavy atom. The summed E-state index contributed by atoms with van der Waals surface area (Å²) in [6.07, 6.45) is 2.59. The Morgan fingerprint density at radius 1 is 1.54 bits per heavy atom. The van der Waals surface area contributed by atoms with Gasteiger partial charge in [0.2, 0.25) is 0 Å². The van der Waals surface area contributed by atoms with E-state index in [9.17, 15) is 0 Å². The lowest BCUT2D eigenvalue weighted by Crippen LogP contribution is -2.07. The standard InChI is InChI=1S/C9H15N3S/c1-12(2)9-11-8(6-3-4-6)7(5-10)13-9/h6H,3-5,10H2,1-2H3. The van der Waals surface area contributed by atoms with Gasteiger partial charge < -0.3 is 10.6 Å². The van der Waals surface area contributed by atoms with Crippen molar-refractivity contribution in [2.45, 2.75) is 25.3 Å². The molecule has 0 aromatic carbocycles. The number of rotatable bonds is 3. The second-order valence-electron chi connectivity index (χ2n) is 3.68. The van der Waals surface area contributed by atoms with Gasteiger partial charge in [-0.05, 0) is 12.8 Å². The van der Waals surface area contributed by atoms with Crippen LogP contribution in [-0.2, 0) is 6.54 Å². The van der Waals surface area contributed by atoms with Crippen LogP contribution in [0.4, 0.5) is 5.13 Å². The van der Waals surface area contributed by atoms with Crippen LogP contribution < -0.4 is 10.6 Å². The van der Waals surface area contributed by atoms with Gasteiger partial charge >= 0.3 is 0 Å². The lowest BCUT2D eigenvalue weighted by atomic mass is 10.2. The molecule has 0 radical (unpaired) electrons. The summed E-state index contributed by atoms with van der Waals surface area (Å²) >= 11 is 1.73. The first kappa shape index (κ1) is 8.97. The maximum atomic E-state index is 5.68. The molecule has 0 amide bonds. The summed E-state index contributed by atoms with van der Waals surface area (Å²) in [5.74, 6) is 0.712. The number of thiazole rings is 1. The average molecular weight is 197 g/mol. The number of aromatic nitrogens is 1. The van der Waals surface area contributed by atoms with E-state index in [1.165, 1.54) is 23.4 Å². The highest BCUT2D eigenvalue weighted by Gasteiger charge is 2.29. The van der Waals surface area contributed by atoms with E-state index in [0.717, 1.165) is 5.13 Å². The number of hydrogen-bond acceptors (Lipinski definition) is 4. The molecule has 0 saturated heterocycles. The van der Waals surface area contributed by atoms with E-state index in [4.69, 9.17) is 5.73 Å². The van der Waals surface area contributed by atoms with Gasteiger partial charge in [-0.2, -0.15) is 0 Å². The number of anilines is 1. The molecule has 2 N–H and O–H groups in total. The SMILES string of the molecule is CN(C)c1nc(C2CC2)c(CN)s1. The molecular formula is C9H15N3S. The van der Waals surface area contributed by atoms with Gasteiger partial charge in [0.15, 0.2) is 5.13 Å². The normalized spacial score (nSPS) is 16.2. The molecule has 0 spiro atoms. The first-order chi connectivity index (χ1) is 6.22. The summed E-state index contributed by atoms with van der Waals surface area (Å²) in [6.45, 7) is 0.636. The molecule has 1 aliphatic carbocycles. The Hall–Kier alpha value is -0.610. The molecule has 1 heterocycles. The van der Waals surface area contributed by atoms with Crippen molar-refractivity contribution in [2.24, 2.45) is 5.73 Å². The molecular weight excluding hydrogens is 182 g/mol. The monoisotopic (exact) mass is 197 g/mol. The first-order valence-electron chi connectivity index (χ1n) is 4.59. The van der Waals surface area contributed by atoms with Gasteiger partial charge in [-0.3, -0.25) is 0 Å². The molecule has 0 atom stereocenters. The zero-order valence-corrected chi connectivity index (χ0v) is 8.90. The third-order valence-corrected chi connectivity index (χ3v) is 3.51. The van der Waals surface area contributed by atoms with E-state index in [2.05, 4.69) is 9.88 Å². The Kier molecular flexibility index (Phi) is 2.26. The van der Waals surface area contributed by atoms with Gasteiger partial charge in [0, 0.05) is 31.4 Å². The topological polar surface area (TPSA) is 42.2 Å². The average Bonchev–Trinajstić information content (AvgIpc) is 2.84. The minimum atomic E-state index is 0.636. The predicted octanol–water partition coefficient (Wildman–Crippen LogP) is 1.55. The molecule has 72 valence electrons. The molecule has 1 saturated carbocycles. The molecule has 1 aliphatic rings. The molecule has 2 rings (SSSR count). The van der Waals surface area contributed by atoms with Crippen molar-refractivity contribution >= 4 is 16.5 Å². The maximum absolute atomic E-state index is 5.68. The second-order valence-corrected chi connectivity index (χ2v) is 4.74. The van der Waals surface area contributed by atoms with Crippen LogP contribution in [0.15, 0.2) is 0 Å². The third kappa shape index (κ3) is 1.69. The lowest BCUT2D eigenvalue weighted by Gasteiger charge is -2.05. The van der Waals surface area contributed by atoms with E-state index in [1.807, 2.05) is 14.1 Å². The van der Waals surface area contributed by atoms with Crippen molar-refractivity contribution in [3.63, 3.8) is 0 Å². The highest BCUT2D eigenvalue weighted by atomic mass is 32.1. The molecule has 0 bridgehead atoms.